The van der Waals surface area contributed by atoms with E-state index in [9.17, 15) is 39.9 Å². The van der Waals surface area contributed by atoms with Crippen LogP contribution in [0.4, 0.5) is 5.69 Å². The predicted molar refractivity (Wildman–Crippen MR) is 134 cm³/mol. The SMILES string of the molecule is CO[C@@H]1C(=O)[C@H](C)C2(O)[C@H]3Nc4c(cc(O)c5c4C(=O)c4c(O)ccc(O)c4C5=O)[C@]2(O)[C@@H]1c1ccccc13. The fraction of sp³-hybridized carbons (Fsp3) is 0.276. The van der Waals surface area contributed by atoms with Crippen molar-refractivity contribution in [3.8, 4) is 17.2 Å². The second-order valence-corrected chi connectivity index (χ2v) is 10.6. The number of carbonyl (C=O) groups is 3. The van der Waals surface area contributed by atoms with E-state index >= 15 is 0 Å². The van der Waals surface area contributed by atoms with Crippen LogP contribution in [0, 0.1) is 5.92 Å². The number of hydrogen-bond donors (Lipinski definition) is 6. The summed E-state index contributed by atoms with van der Waals surface area (Å²) in [5.41, 5.74) is -5.01. The normalized spacial score (nSPS) is 31.5. The maximum Gasteiger partial charge on any atom is 0.202 e. The van der Waals surface area contributed by atoms with Gasteiger partial charge in [-0.25, -0.2) is 0 Å². The maximum atomic E-state index is 13.9. The smallest absolute Gasteiger partial charge is 0.202 e. The first-order valence-electron chi connectivity index (χ1n) is 12.4. The summed E-state index contributed by atoms with van der Waals surface area (Å²) in [7, 11) is 1.33. The molecule has 10 heteroatoms. The van der Waals surface area contributed by atoms with Crippen LogP contribution in [0.3, 0.4) is 0 Å². The molecule has 4 bridgehead atoms. The van der Waals surface area contributed by atoms with Crippen molar-refractivity contribution < 1.29 is 44.7 Å². The van der Waals surface area contributed by atoms with Gasteiger partial charge < -0.3 is 35.6 Å². The third-order valence-corrected chi connectivity index (χ3v) is 9.14. The van der Waals surface area contributed by atoms with E-state index in [4.69, 9.17) is 4.74 Å². The number of ether oxygens (including phenoxy) is 1. The number of ketones is 3. The van der Waals surface area contributed by atoms with E-state index in [1.165, 1.54) is 14.0 Å². The molecule has 0 amide bonds. The Bertz CT molecular complexity index is 1700. The Balaban J connectivity index is 1.60. The van der Waals surface area contributed by atoms with Gasteiger partial charge in [0.25, 0.3) is 0 Å². The quantitative estimate of drug-likeness (QED) is 0.200. The minimum absolute atomic E-state index is 0.0253. The average Bonchev–Trinajstić information content (AvgIpc) is 2.91. The summed E-state index contributed by atoms with van der Waals surface area (Å²) in [6.07, 6.45) is -1.17. The number of Topliss-reactive ketones (excluding diaryl/α,β-unsaturated/α-hetero) is 1. The highest BCUT2D eigenvalue weighted by Crippen LogP contribution is 2.67. The van der Waals surface area contributed by atoms with Gasteiger partial charge in [0.15, 0.2) is 5.78 Å². The Hall–Kier alpha value is -4.25. The van der Waals surface area contributed by atoms with Crippen LogP contribution in [0.25, 0.3) is 0 Å². The van der Waals surface area contributed by atoms with Crippen LogP contribution < -0.4 is 5.32 Å². The Morgan fingerprint density at radius 2 is 1.38 bits per heavy atom. The van der Waals surface area contributed by atoms with Crippen molar-refractivity contribution >= 4 is 23.0 Å². The van der Waals surface area contributed by atoms with Crippen LogP contribution in [-0.4, -0.2) is 61.7 Å². The van der Waals surface area contributed by atoms with Crippen LogP contribution >= 0.6 is 0 Å². The average molecular weight is 530 g/mol. The minimum Gasteiger partial charge on any atom is -0.507 e. The molecule has 198 valence electrons. The molecule has 10 nitrogen and oxygen atoms in total. The van der Waals surface area contributed by atoms with Crippen molar-refractivity contribution in [1.82, 2.24) is 0 Å². The molecular formula is C29H23NO9. The molecule has 6 N–H and O–H groups in total. The first kappa shape index (κ1) is 23.8. The lowest BCUT2D eigenvalue weighted by atomic mass is 9.47. The molecule has 1 saturated carbocycles. The van der Waals surface area contributed by atoms with Gasteiger partial charge in [-0.15, -0.1) is 0 Å². The number of methoxy groups -OCH3 is 1. The molecule has 0 saturated heterocycles. The van der Waals surface area contributed by atoms with Crippen LogP contribution in [0.1, 0.15) is 67.4 Å². The van der Waals surface area contributed by atoms with E-state index in [1.54, 1.807) is 24.3 Å². The summed E-state index contributed by atoms with van der Waals surface area (Å²) < 4.78 is 5.60. The molecule has 0 aromatic heterocycles. The summed E-state index contributed by atoms with van der Waals surface area (Å²) in [5, 5.41) is 60.2. The Labute approximate surface area is 221 Å². The molecule has 1 fully saturated rings. The van der Waals surface area contributed by atoms with Gasteiger partial charge in [0, 0.05) is 12.7 Å². The molecule has 3 aromatic rings. The molecule has 0 spiro atoms. The van der Waals surface area contributed by atoms with Crippen LogP contribution in [0.15, 0.2) is 42.5 Å². The second-order valence-electron chi connectivity index (χ2n) is 10.6. The number of aliphatic hydroxyl groups is 2. The molecule has 7 rings (SSSR count). The fourth-order valence-corrected chi connectivity index (χ4v) is 7.41. The zero-order valence-corrected chi connectivity index (χ0v) is 20.7. The van der Waals surface area contributed by atoms with Gasteiger partial charge in [0.1, 0.15) is 34.6 Å². The first-order valence-corrected chi connectivity index (χ1v) is 12.4. The van der Waals surface area contributed by atoms with Gasteiger partial charge in [0.2, 0.25) is 11.6 Å². The molecule has 39 heavy (non-hydrogen) atoms. The van der Waals surface area contributed by atoms with Crippen molar-refractivity contribution in [1.29, 1.82) is 0 Å². The monoisotopic (exact) mass is 529 g/mol. The van der Waals surface area contributed by atoms with Crippen molar-refractivity contribution in [2.75, 3.05) is 12.4 Å². The van der Waals surface area contributed by atoms with Crippen LogP contribution in [0.2, 0.25) is 0 Å². The van der Waals surface area contributed by atoms with Gasteiger partial charge in [0.05, 0.1) is 45.8 Å². The molecule has 1 heterocycles. The van der Waals surface area contributed by atoms with Crippen molar-refractivity contribution in [3.63, 3.8) is 0 Å². The number of fused-ring (bicyclic) bond motifs is 7. The fourth-order valence-electron chi connectivity index (χ4n) is 7.41. The van der Waals surface area contributed by atoms with E-state index in [0.29, 0.717) is 11.1 Å². The van der Waals surface area contributed by atoms with Gasteiger partial charge in [-0.2, -0.15) is 0 Å². The molecule has 3 aliphatic carbocycles. The van der Waals surface area contributed by atoms with Crippen molar-refractivity contribution in [2.24, 2.45) is 5.92 Å². The van der Waals surface area contributed by atoms with E-state index in [2.05, 4.69) is 5.32 Å². The zero-order valence-electron chi connectivity index (χ0n) is 20.7. The minimum atomic E-state index is -2.25. The highest BCUT2D eigenvalue weighted by atomic mass is 16.5. The van der Waals surface area contributed by atoms with Crippen molar-refractivity contribution in [3.05, 3.63) is 81.4 Å². The molecule has 1 aliphatic heterocycles. The van der Waals surface area contributed by atoms with E-state index in [-0.39, 0.29) is 16.8 Å². The third kappa shape index (κ3) is 2.41. The number of hydrogen-bond acceptors (Lipinski definition) is 10. The summed E-state index contributed by atoms with van der Waals surface area (Å²) in [5.74, 6) is -6.19. The van der Waals surface area contributed by atoms with Crippen molar-refractivity contribution in [2.45, 2.75) is 36.2 Å². The molecular weight excluding hydrogens is 506 g/mol. The molecule has 3 aromatic carbocycles. The third-order valence-electron chi connectivity index (χ3n) is 9.14. The highest BCUT2D eigenvalue weighted by Gasteiger charge is 2.75. The van der Waals surface area contributed by atoms with Crippen LogP contribution in [0.5, 0.6) is 17.2 Å². The van der Waals surface area contributed by atoms with E-state index in [1.807, 2.05) is 0 Å². The highest BCUT2D eigenvalue weighted by molar-refractivity contribution is 6.33. The van der Waals surface area contributed by atoms with Gasteiger partial charge >= 0.3 is 0 Å². The number of rotatable bonds is 1. The summed E-state index contributed by atoms with van der Waals surface area (Å²) in [4.78, 5) is 40.9. The number of nitrogens with one attached hydrogen (secondary N) is 1. The number of benzene rings is 3. The predicted octanol–water partition coefficient (Wildman–Crippen LogP) is 2.00. The number of anilines is 1. The molecule has 4 aliphatic rings. The standard InChI is InChI=1S/C29H23NO9/c1-10-23(34)26(39-2)21-11-5-3-4-6-12(11)27-28(10,37)29(21,38)13-9-16(33)19-20(22(13)30-27)25(36)18-15(32)8-7-14(31)17(18)24(19)35/h3-10,21,26-27,30-33,37-38H,1-2H3/t10-,21+,26-,27-,28?,29-/m0/s1. The molecule has 0 radical (unpaired) electrons. The van der Waals surface area contributed by atoms with Gasteiger partial charge in [-0.1, -0.05) is 31.2 Å². The lowest BCUT2D eigenvalue weighted by Crippen LogP contribution is -2.75. The first-order chi connectivity index (χ1) is 18.5. The largest absolute Gasteiger partial charge is 0.507 e. The summed E-state index contributed by atoms with van der Waals surface area (Å²) in [6.45, 7) is 1.49. The maximum absolute atomic E-state index is 13.9. The second kappa shape index (κ2) is 7.23. The number of aromatic hydroxyl groups is 3. The Morgan fingerprint density at radius 1 is 0.821 bits per heavy atom. The zero-order chi connectivity index (χ0) is 27.8. The number of carbonyl (C=O) groups excluding carboxylic acids is 3. The number of phenols is 3. The summed E-state index contributed by atoms with van der Waals surface area (Å²) >= 11 is 0. The lowest BCUT2D eigenvalue weighted by molar-refractivity contribution is -0.248. The van der Waals surface area contributed by atoms with E-state index in [0.717, 1.165) is 18.2 Å². The number of phenolic OH excluding ortho intramolecular Hbond substituents is 3. The van der Waals surface area contributed by atoms with Gasteiger partial charge in [-0.3, -0.25) is 14.4 Å². The van der Waals surface area contributed by atoms with Crippen LogP contribution in [-0.2, 0) is 15.1 Å². The lowest BCUT2D eigenvalue weighted by Gasteiger charge is -2.65. The van der Waals surface area contributed by atoms with E-state index < -0.39 is 86.5 Å². The summed E-state index contributed by atoms with van der Waals surface area (Å²) in [6, 6.07) is 9.09. The topological polar surface area (TPSA) is 174 Å². The van der Waals surface area contributed by atoms with Gasteiger partial charge in [-0.05, 0) is 29.3 Å². The Morgan fingerprint density at radius 3 is 2.00 bits per heavy atom. The molecule has 1 unspecified atom stereocenters. The Kier molecular flexibility index (Phi) is 4.42. The molecule has 6 atom stereocenters.